The summed E-state index contributed by atoms with van der Waals surface area (Å²) < 4.78 is 20.1. The number of hydrogen-bond donors (Lipinski definition) is 1. The number of piperidine rings is 1. The van der Waals surface area contributed by atoms with Gasteiger partial charge >= 0.3 is 0 Å². The maximum Gasteiger partial charge on any atom is 0.137 e. The summed E-state index contributed by atoms with van der Waals surface area (Å²) in [5.74, 6) is 1.27. The molecule has 0 saturated carbocycles. The molecule has 0 aliphatic carbocycles. The fourth-order valence-corrected chi connectivity index (χ4v) is 4.69. The third-order valence-corrected chi connectivity index (χ3v) is 6.63. The van der Waals surface area contributed by atoms with Gasteiger partial charge in [-0.15, -0.1) is 0 Å². The Hall–Kier alpha value is -2.40. The van der Waals surface area contributed by atoms with E-state index in [-0.39, 0.29) is 24.8 Å². The molecule has 33 heavy (non-hydrogen) atoms. The molecular formula is C28H33ClFNO2. The number of hydrogen-bond acceptors (Lipinski definition) is 2. The number of likely N-dealkylation sites (tertiary alicyclic amines) is 1. The van der Waals surface area contributed by atoms with Crippen molar-refractivity contribution >= 4 is 0 Å². The summed E-state index contributed by atoms with van der Waals surface area (Å²) in [5.41, 5.74) is 3.43. The van der Waals surface area contributed by atoms with Crippen LogP contribution in [0.2, 0.25) is 0 Å². The summed E-state index contributed by atoms with van der Waals surface area (Å²) in [4.78, 5) is 0. The van der Waals surface area contributed by atoms with Crippen molar-refractivity contribution in [3.63, 3.8) is 0 Å². The fourth-order valence-electron chi connectivity index (χ4n) is 4.69. The van der Waals surface area contributed by atoms with Gasteiger partial charge in [0.05, 0.1) is 13.1 Å². The highest BCUT2D eigenvalue weighted by atomic mass is 35.5. The summed E-state index contributed by atoms with van der Waals surface area (Å²) in [6.07, 6.45) is 1.74. The van der Waals surface area contributed by atoms with Crippen LogP contribution >= 0.6 is 0 Å². The van der Waals surface area contributed by atoms with Crippen LogP contribution in [0.25, 0.3) is 11.1 Å². The predicted molar refractivity (Wildman–Crippen MR) is 127 cm³/mol. The zero-order valence-electron chi connectivity index (χ0n) is 19.2. The Balaban J connectivity index is 0.00000306. The van der Waals surface area contributed by atoms with Crippen molar-refractivity contribution in [2.45, 2.75) is 32.4 Å². The Labute approximate surface area is 202 Å². The first-order valence-corrected chi connectivity index (χ1v) is 11.6. The zero-order valence-corrected chi connectivity index (χ0v) is 19.9. The van der Waals surface area contributed by atoms with E-state index in [4.69, 9.17) is 4.74 Å². The van der Waals surface area contributed by atoms with Crippen LogP contribution in [0.15, 0.2) is 78.9 Å². The van der Waals surface area contributed by atoms with Gasteiger partial charge in [-0.05, 0) is 54.2 Å². The summed E-state index contributed by atoms with van der Waals surface area (Å²) in [6.45, 7) is 6.08. The lowest BCUT2D eigenvalue weighted by molar-refractivity contribution is -0.948. The second kappa shape index (κ2) is 11.6. The lowest BCUT2D eigenvalue weighted by atomic mass is 9.95. The molecule has 1 N–H and O–H groups in total. The highest BCUT2D eigenvalue weighted by Crippen LogP contribution is 2.27. The van der Waals surface area contributed by atoms with Gasteiger partial charge in [0.15, 0.2) is 0 Å². The molecule has 1 aliphatic heterocycles. The molecule has 1 heterocycles. The SMILES string of the molecule is CC1CC[N+](Cc2ccc(F)cc2)(CC(O)COc2ccc(-c3ccccc3)cc2)CC1.[Cl-]. The Morgan fingerprint density at radius 2 is 1.52 bits per heavy atom. The van der Waals surface area contributed by atoms with Gasteiger partial charge in [0, 0.05) is 5.56 Å². The number of halogens is 2. The second-order valence-electron chi connectivity index (χ2n) is 9.29. The number of quaternary nitrogens is 1. The molecule has 1 aliphatic rings. The van der Waals surface area contributed by atoms with Crippen molar-refractivity contribution in [2.75, 3.05) is 26.2 Å². The second-order valence-corrected chi connectivity index (χ2v) is 9.29. The largest absolute Gasteiger partial charge is 1.00 e. The average Bonchev–Trinajstić information content (AvgIpc) is 2.82. The minimum atomic E-state index is -0.558. The van der Waals surface area contributed by atoms with Crippen LogP contribution in [0.5, 0.6) is 5.75 Å². The van der Waals surface area contributed by atoms with Crippen molar-refractivity contribution in [3.05, 3.63) is 90.2 Å². The normalized spacial score (nSPS) is 21.1. The smallest absolute Gasteiger partial charge is 0.137 e. The van der Waals surface area contributed by atoms with E-state index in [0.29, 0.717) is 12.5 Å². The van der Waals surface area contributed by atoms with Crippen LogP contribution in [0, 0.1) is 11.7 Å². The number of aliphatic hydroxyl groups excluding tert-OH is 1. The average molecular weight is 470 g/mol. The predicted octanol–water partition coefficient (Wildman–Crippen LogP) is 2.68. The molecule has 1 saturated heterocycles. The highest BCUT2D eigenvalue weighted by molar-refractivity contribution is 5.63. The van der Waals surface area contributed by atoms with Crippen molar-refractivity contribution in [2.24, 2.45) is 5.92 Å². The molecule has 3 aromatic carbocycles. The van der Waals surface area contributed by atoms with Gasteiger partial charge < -0.3 is 26.7 Å². The van der Waals surface area contributed by atoms with Gasteiger partial charge in [-0.1, -0.05) is 61.5 Å². The van der Waals surface area contributed by atoms with E-state index in [9.17, 15) is 9.50 Å². The molecule has 1 unspecified atom stereocenters. The summed E-state index contributed by atoms with van der Waals surface area (Å²) >= 11 is 0. The maximum absolute atomic E-state index is 13.3. The molecule has 3 aromatic rings. The third kappa shape index (κ3) is 7.04. The van der Waals surface area contributed by atoms with Gasteiger partial charge in [-0.3, -0.25) is 0 Å². The van der Waals surface area contributed by atoms with Gasteiger partial charge in [0.1, 0.15) is 37.4 Å². The van der Waals surface area contributed by atoms with Crippen molar-refractivity contribution < 1.29 is 31.1 Å². The topological polar surface area (TPSA) is 29.5 Å². The first-order valence-electron chi connectivity index (χ1n) is 11.6. The molecule has 0 aromatic heterocycles. The molecule has 0 radical (unpaired) electrons. The lowest BCUT2D eigenvalue weighted by Crippen LogP contribution is -3.00. The Bertz CT molecular complexity index is 971. The molecular weight excluding hydrogens is 437 g/mol. The molecule has 4 rings (SSSR count). The van der Waals surface area contributed by atoms with Gasteiger partial charge in [0.2, 0.25) is 0 Å². The Kier molecular flexibility index (Phi) is 8.90. The van der Waals surface area contributed by atoms with Crippen LogP contribution in [0.4, 0.5) is 4.39 Å². The molecule has 176 valence electrons. The van der Waals surface area contributed by atoms with Crippen molar-refractivity contribution in [1.29, 1.82) is 0 Å². The minimum absolute atomic E-state index is 0. The molecule has 1 atom stereocenters. The van der Waals surface area contributed by atoms with Crippen LogP contribution in [0.1, 0.15) is 25.3 Å². The lowest BCUT2D eigenvalue weighted by Gasteiger charge is -2.44. The number of nitrogens with zero attached hydrogens (tertiary/aromatic N) is 1. The van der Waals surface area contributed by atoms with E-state index in [1.807, 2.05) is 54.6 Å². The van der Waals surface area contributed by atoms with E-state index in [1.54, 1.807) is 0 Å². The summed E-state index contributed by atoms with van der Waals surface area (Å²) in [5, 5.41) is 10.8. The monoisotopic (exact) mass is 469 g/mol. The van der Waals surface area contributed by atoms with E-state index in [1.165, 1.54) is 17.7 Å². The van der Waals surface area contributed by atoms with E-state index < -0.39 is 6.10 Å². The molecule has 0 bridgehead atoms. The van der Waals surface area contributed by atoms with Crippen molar-refractivity contribution in [3.8, 4) is 16.9 Å². The maximum atomic E-state index is 13.3. The number of ether oxygens (including phenoxy) is 1. The zero-order chi connectivity index (χ0) is 22.4. The molecule has 3 nitrogen and oxygen atoms in total. The molecule has 5 heteroatoms. The molecule has 0 amide bonds. The Morgan fingerprint density at radius 1 is 0.909 bits per heavy atom. The van der Waals surface area contributed by atoms with Crippen molar-refractivity contribution in [1.82, 2.24) is 0 Å². The number of aliphatic hydroxyl groups is 1. The highest BCUT2D eigenvalue weighted by Gasteiger charge is 2.35. The molecule has 1 fully saturated rings. The van der Waals surface area contributed by atoms with Gasteiger partial charge in [-0.2, -0.15) is 0 Å². The first kappa shape index (κ1) is 25.2. The molecule has 0 spiro atoms. The van der Waals surface area contributed by atoms with Crippen LogP contribution in [-0.2, 0) is 6.54 Å². The van der Waals surface area contributed by atoms with Crippen LogP contribution in [-0.4, -0.2) is 41.9 Å². The minimum Gasteiger partial charge on any atom is -1.00 e. The quantitative estimate of drug-likeness (QED) is 0.514. The first-order chi connectivity index (χ1) is 15.5. The Morgan fingerprint density at radius 3 is 2.15 bits per heavy atom. The van der Waals surface area contributed by atoms with Gasteiger partial charge in [-0.25, -0.2) is 4.39 Å². The third-order valence-electron chi connectivity index (χ3n) is 6.63. The van der Waals surface area contributed by atoms with Crippen LogP contribution < -0.4 is 17.1 Å². The summed E-state index contributed by atoms with van der Waals surface area (Å²) in [7, 11) is 0. The summed E-state index contributed by atoms with van der Waals surface area (Å²) in [6, 6.07) is 25.0. The van der Waals surface area contributed by atoms with E-state index >= 15 is 0 Å². The fraction of sp³-hybridized carbons (Fsp3) is 0.357. The number of benzene rings is 3. The standard InChI is InChI=1S/C28H33FNO2.ClH/c1-22-15-17-30(18-16-22,19-23-7-11-26(29)12-8-23)20-27(31)21-32-28-13-9-25(10-14-28)24-5-3-2-4-6-24;/h2-14,22,27,31H,15-21H2,1H3;1H/q+1;/p-1. The number of rotatable bonds is 8. The van der Waals surface area contributed by atoms with Gasteiger partial charge in [0.25, 0.3) is 0 Å². The van der Waals surface area contributed by atoms with E-state index in [0.717, 1.165) is 53.8 Å². The van der Waals surface area contributed by atoms with Crippen LogP contribution in [0.3, 0.4) is 0 Å². The van der Waals surface area contributed by atoms with E-state index in [2.05, 4.69) is 19.1 Å².